The van der Waals surface area contributed by atoms with Crippen molar-refractivity contribution in [2.24, 2.45) is 0 Å². The third-order valence-electron chi connectivity index (χ3n) is 5.96. The van der Waals surface area contributed by atoms with Gasteiger partial charge in [-0.3, -0.25) is 10.2 Å². The molecule has 9 heteroatoms. The Hall–Kier alpha value is -2.42. The van der Waals surface area contributed by atoms with Crippen LogP contribution in [0.5, 0.6) is 0 Å². The Bertz CT molecular complexity index is 1140. The molecule has 34 heavy (non-hydrogen) atoms. The minimum atomic E-state index is -0.366. The average Bonchev–Trinajstić information content (AvgIpc) is 3.23. The van der Waals surface area contributed by atoms with Gasteiger partial charge in [0.25, 0.3) is 5.91 Å². The first-order valence-electron chi connectivity index (χ1n) is 11.5. The molecule has 1 aliphatic heterocycles. The van der Waals surface area contributed by atoms with E-state index < -0.39 is 0 Å². The molecular weight excluding hydrogens is 475 g/mol. The normalized spacial score (nSPS) is 14.4. The number of aryl methyl sites for hydroxylation is 1. The number of benzene rings is 2. The highest BCUT2D eigenvalue weighted by Crippen LogP contribution is 2.33. The summed E-state index contributed by atoms with van der Waals surface area (Å²) in [6, 6.07) is 12.9. The lowest BCUT2D eigenvalue weighted by Crippen LogP contribution is -2.45. The van der Waals surface area contributed by atoms with Gasteiger partial charge in [0, 0.05) is 35.8 Å². The molecule has 1 aromatic heterocycles. The van der Waals surface area contributed by atoms with E-state index >= 15 is 0 Å². The van der Waals surface area contributed by atoms with Crippen molar-refractivity contribution in [3.63, 3.8) is 0 Å². The Morgan fingerprint density at radius 2 is 1.76 bits per heavy atom. The lowest BCUT2D eigenvalue weighted by molar-refractivity contribution is 0.0741. The van der Waals surface area contributed by atoms with E-state index in [0.29, 0.717) is 33.4 Å². The van der Waals surface area contributed by atoms with Crippen LogP contribution in [0.1, 0.15) is 47.3 Å². The fourth-order valence-corrected chi connectivity index (χ4v) is 4.71. The summed E-state index contributed by atoms with van der Waals surface area (Å²) in [5.41, 5.74) is 6.52. The number of aliphatic hydroxyl groups excluding tert-OH is 2. The lowest BCUT2D eigenvalue weighted by atomic mass is 10.0. The molecule has 0 spiro atoms. The fraction of sp³-hybridized carbons (Fsp3) is 0.360. The number of nitrogens with zero attached hydrogens (tertiary/aromatic N) is 3. The SMILES string of the molecule is O=C(NN1CCCCC1)c1nn(-c2ccc(Cl)cc2Cl)c(-c2ccc(CCCO)cc2)c1CO. The van der Waals surface area contributed by atoms with E-state index in [1.807, 2.05) is 29.3 Å². The molecule has 7 nitrogen and oxygen atoms in total. The minimum absolute atomic E-state index is 0.133. The zero-order valence-corrected chi connectivity index (χ0v) is 20.3. The van der Waals surface area contributed by atoms with E-state index in [4.69, 9.17) is 28.3 Å². The van der Waals surface area contributed by atoms with Gasteiger partial charge in [-0.1, -0.05) is 53.9 Å². The maximum absolute atomic E-state index is 13.2. The highest BCUT2D eigenvalue weighted by atomic mass is 35.5. The Kier molecular flexibility index (Phi) is 8.24. The van der Waals surface area contributed by atoms with Gasteiger partial charge < -0.3 is 10.2 Å². The highest BCUT2D eigenvalue weighted by Gasteiger charge is 2.26. The van der Waals surface area contributed by atoms with Gasteiger partial charge in [-0.2, -0.15) is 5.10 Å². The molecule has 0 unspecified atom stereocenters. The smallest absolute Gasteiger partial charge is 0.286 e. The number of nitrogens with one attached hydrogen (secondary N) is 1. The van der Waals surface area contributed by atoms with Crippen LogP contribution < -0.4 is 5.43 Å². The maximum Gasteiger partial charge on any atom is 0.286 e. The fourth-order valence-electron chi connectivity index (χ4n) is 4.22. The van der Waals surface area contributed by atoms with Gasteiger partial charge in [0.1, 0.15) is 0 Å². The van der Waals surface area contributed by atoms with Crippen LogP contribution in [0, 0.1) is 0 Å². The van der Waals surface area contributed by atoms with E-state index in [1.165, 1.54) is 0 Å². The van der Waals surface area contributed by atoms with Crippen molar-refractivity contribution in [1.29, 1.82) is 0 Å². The first-order chi connectivity index (χ1) is 16.5. The van der Waals surface area contributed by atoms with Gasteiger partial charge >= 0.3 is 0 Å². The van der Waals surface area contributed by atoms with E-state index in [-0.39, 0.29) is 24.8 Å². The molecular formula is C25H28Cl2N4O3. The Balaban J connectivity index is 1.79. The number of hydrogen-bond acceptors (Lipinski definition) is 5. The molecule has 1 fully saturated rings. The van der Waals surface area contributed by atoms with Crippen molar-refractivity contribution < 1.29 is 15.0 Å². The monoisotopic (exact) mass is 502 g/mol. The molecule has 2 heterocycles. The van der Waals surface area contributed by atoms with Gasteiger partial charge in [-0.05, 0) is 49.4 Å². The summed E-state index contributed by atoms with van der Waals surface area (Å²) < 4.78 is 1.60. The largest absolute Gasteiger partial charge is 0.396 e. The van der Waals surface area contributed by atoms with Crippen LogP contribution in [0.2, 0.25) is 10.0 Å². The van der Waals surface area contributed by atoms with Gasteiger partial charge in [-0.25, -0.2) is 9.69 Å². The molecule has 0 bridgehead atoms. The topological polar surface area (TPSA) is 90.6 Å². The number of carbonyl (C=O) groups excluding carboxylic acids is 1. The van der Waals surface area contributed by atoms with E-state index in [2.05, 4.69) is 10.5 Å². The standard InChI is InChI=1S/C25H28Cl2N4O3/c26-19-10-11-22(21(27)15-19)31-24(18-8-6-17(7-9-18)5-4-14-32)20(16-33)23(28-31)25(34)29-30-12-2-1-3-13-30/h6-11,15,32-33H,1-5,12-14,16H2,(H,29,34). The summed E-state index contributed by atoms with van der Waals surface area (Å²) in [6.45, 7) is 1.33. The highest BCUT2D eigenvalue weighted by molar-refractivity contribution is 6.35. The quantitative estimate of drug-likeness (QED) is 0.424. The molecule has 1 amide bonds. The molecule has 0 saturated carbocycles. The maximum atomic E-state index is 13.2. The van der Waals surface area contributed by atoms with E-state index in [9.17, 15) is 9.90 Å². The number of aliphatic hydroxyl groups is 2. The average molecular weight is 503 g/mol. The van der Waals surface area contributed by atoms with Gasteiger partial charge in [0.2, 0.25) is 0 Å². The van der Waals surface area contributed by atoms with Gasteiger partial charge in [0.15, 0.2) is 5.69 Å². The Morgan fingerprint density at radius 1 is 1.03 bits per heavy atom. The van der Waals surface area contributed by atoms with Crippen LogP contribution in [0.15, 0.2) is 42.5 Å². The van der Waals surface area contributed by atoms with Crippen LogP contribution >= 0.6 is 23.2 Å². The molecule has 0 atom stereocenters. The second kappa shape index (κ2) is 11.3. The van der Waals surface area contributed by atoms with E-state index in [1.54, 1.807) is 22.9 Å². The number of hydrazine groups is 1. The van der Waals surface area contributed by atoms with Gasteiger partial charge in [-0.15, -0.1) is 0 Å². The molecule has 3 N–H and O–H groups in total. The number of rotatable bonds is 8. The summed E-state index contributed by atoms with van der Waals surface area (Å²) >= 11 is 12.6. The van der Waals surface area contributed by atoms with Crippen molar-refractivity contribution in [3.8, 4) is 16.9 Å². The first kappa shape index (κ1) is 24.7. The van der Waals surface area contributed by atoms with Crippen LogP contribution in [0.25, 0.3) is 16.9 Å². The zero-order chi connectivity index (χ0) is 24.1. The van der Waals surface area contributed by atoms with Gasteiger partial charge in [0.05, 0.1) is 23.0 Å². The number of carbonyl (C=O) groups is 1. The molecule has 180 valence electrons. The molecule has 1 saturated heterocycles. The number of amides is 1. The number of piperidine rings is 1. The first-order valence-corrected chi connectivity index (χ1v) is 12.2. The third kappa shape index (κ3) is 5.45. The molecule has 0 radical (unpaired) electrons. The minimum Gasteiger partial charge on any atom is -0.396 e. The summed E-state index contributed by atoms with van der Waals surface area (Å²) in [5, 5.41) is 26.8. The van der Waals surface area contributed by atoms with Crippen molar-refractivity contribution in [1.82, 2.24) is 20.2 Å². The van der Waals surface area contributed by atoms with E-state index in [0.717, 1.165) is 49.9 Å². The summed E-state index contributed by atoms with van der Waals surface area (Å²) in [4.78, 5) is 13.2. The predicted octanol–water partition coefficient (Wildman–Crippen LogP) is 4.39. The molecule has 1 aliphatic rings. The molecule has 3 aromatic rings. The second-order valence-corrected chi connectivity index (χ2v) is 9.20. The lowest BCUT2D eigenvalue weighted by Gasteiger charge is -2.26. The van der Waals surface area contributed by atoms with Crippen LogP contribution in [-0.4, -0.2) is 50.6 Å². The Morgan fingerprint density at radius 3 is 2.41 bits per heavy atom. The van der Waals surface area contributed by atoms with Crippen molar-refractivity contribution in [3.05, 3.63) is 69.3 Å². The number of halogens is 2. The van der Waals surface area contributed by atoms with Crippen molar-refractivity contribution in [2.45, 2.75) is 38.7 Å². The second-order valence-electron chi connectivity index (χ2n) is 8.35. The molecule has 0 aliphatic carbocycles. The van der Waals surface area contributed by atoms with Crippen LogP contribution in [0.4, 0.5) is 0 Å². The summed E-state index contributed by atoms with van der Waals surface area (Å²) in [5.74, 6) is -0.365. The summed E-state index contributed by atoms with van der Waals surface area (Å²) in [7, 11) is 0. The number of hydrogen-bond donors (Lipinski definition) is 3. The molecule has 2 aromatic carbocycles. The predicted molar refractivity (Wildman–Crippen MR) is 133 cm³/mol. The number of aromatic nitrogens is 2. The summed E-state index contributed by atoms with van der Waals surface area (Å²) in [6.07, 6.45) is 4.64. The third-order valence-corrected chi connectivity index (χ3v) is 6.50. The van der Waals surface area contributed by atoms with Crippen molar-refractivity contribution >= 4 is 29.1 Å². The van der Waals surface area contributed by atoms with Crippen molar-refractivity contribution in [2.75, 3.05) is 19.7 Å². The zero-order valence-electron chi connectivity index (χ0n) is 18.8. The van der Waals surface area contributed by atoms with Crippen LogP contribution in [-0.2, 0) is 13.0 Å². The van der Waals surface area contributed by atoms with Crippen LogP contribution in [0.3, 0.4) is 0 Å². The Labute approximate surface area is 208 Å². The molecule has 4 rings (SSSR count).